The van der Waals surface area contributed by atoms with Gasteiger partial charge in [0, 0.05) is 17.7 Å². The van der Waals surface area contributed by atoms with E-state index in [0.717, 1.165) is 24.0 Å². The zero-order valence-corrected chi connectivity index (χ0v) is 9.41. The Labute approximate surface area is 89.2 Å². The van der Waals surface area contributed by atoms with Crippen LogP contribution in [-0.4, -0.2) is 22.7 Å². The van der Waals surface area contributed by atoms with E-state index >= 15 is 0 Å². The lowest BCUT2D eigenvalue weighted by Crippen LogP contribution is -2.27. The molecule has 0 saturated carbocycles. The first-order valence-corrected chi connectivity index (χ1v) is 5.18. The summed E-state index contributed by atoms with van der Waals surface area (Å²) >= 11 is 0. The SMILES string of the molecule is CC(C)(C)n1nc(C=O)c2c1CCOC2. The summed E-state index contributed by atoms with van der Waals surface area (Å²) in [6, 6.07) is 0. The van der Waals surface area contributed by atoms with Gasteiger partial charge in [0.05, 0.1) is 18.8 Å². The fraction of sp³-hybridized carbons (Fsp3) is 0.636. The van der Waals surface area contributed by atoms with Gasteiger partial charge in [-0.25, -0.2) is 0 Å². The number of carbonyl (C=O) groups is 1. The maximum Gasteiger partial charge on any atom is 0.170 e. The number of hydrogen-bond acceptors (Lipinski definition) is 3. The summed E-state index contributed by atoms with van der Waals surface area (Å²) in [4.78, 5) is 10.9. The van der Waals surface area contributed by atoms with Crippen LogP contribution in [0.25, 0.3) is 0 Å². The molecule has 0 N–H and O–H groups in total. The van der Waals surface area contributed by atoms with Crippen LogP contribution in [0.2, 0.25) is 0 Å². The molecule has 0 fully saturated rings. The Kier molecular flexibility index (Phi) is 2.38. The highest BCUT2D eigenvalue weighted by Crippen LogP contribution is 2.25. The van der Waals surface area contributed by atoms with E-state index in [4.69, 9.17) is 4.74 Å². The second kappa shape index (κ2) is 3.45. The molecule has 4 nitrogen and oxygen atoms in total. The van der Waals surface area contributed by atoms with Crippen LogP contribution in [0.1, 0.15) is 42.5 Å². The number of fused-ring (bicyclic) bond motifs is 1. The van der Waals surface area contributed by atoms with Crippen molar-refractivity contribution in [1.82, 2.24) is 9.78 Å². The third-order valence-electron chi connectivity index (χ3n) is 2.60. The molecule has 1 aromatic heterocycles. The van der Waals surface area contributed by atoms with E-state index in [1.807, 2.05) is 4.68 Å². The van der Waals surface area contributed by atoms with Crippen LogP contribution in [0.3, 0.4) is 0 Å². The zero-order chi connectivity index (χ0) is 11.1. The lowest BCUT2D eigenvalue weighted by molar-refractivity contribution is 0.104. The smallest absolute Gasteiger partial charge is 0.170 e. The number of nitrogens with zero attached hydrogens (tertiary/aromatic N) is 2. The summed E-state index contributed by atoms with van der Waals surface area (Å²) in [5.41, 5.74) is 2.56. The zero-order valence-electron chi connectivity index (χ0n) is 9.41. The van der Waals surface area contributed by atoms with Gasteiger partial charge in [0.2, 0.25) is 0 Å². The van der Waals surface area contributed by atoms with Crippen molar-refractivity contribution < 1.29 is 9.53 Å². The van der Waals surface area contributed by atoms with Crippen LogP contribution < -0.4 is 0 Å². The fourth-order valence-electron chi connectivity index (χ4n) is 1.91. The second-order valence-corrected chi connectivity index (χ2v) is 4.81. The van der Waals surface area contributed by atoms with Gasteiger partial charge in [0.1, 0.15) is 5.69 Å². The Balaban J connectivity index is 2.57. The Bertz CT molecular complexity index is 388. The van der Waals surface area contributed by atoms with E-state index in [-0.39, 0.29) is 5.54 Å². The Morgan fingerprint density at radius 1 is 1.47 bits per heavy atom. The highest BCUT2D eigenvalue weighted by molar-refractivity contribution is 5.74. The molecule has 0 saturated heterocycles. The third-order valence-corrected chi connectivity index (χ3v) is 2.60. The van der Waals surface area contributed by atoms with E-state index < -0.39 is 0 Å². The minimum Gasteiger partial charge on any atom is -0.376 e. The molecule has 2 heterocycles. The molecule has 0 unspecified atom stereocenters. The predicted molar refractivity (Wildman–Crippen MR) is 56.0 cm³/mol. The average molecular weight is 208 g/mol. The van der Waals surface area contributed by atoms with Crippen molar-refractivity contribution >= 4 is 6.29 Å². The van der Waals surface area contributed by atoms with Gasteiger partial charge < -0.3 is 4.74 Å². The number of rotatable bonds is 1. The van der Waals surface area contributed by atoms with Gasteiger partial charge in [-0.2, -0.15) is 5.10 Å². The van der Waals surface area contributed by atoms with Crippen molar-refractivity contribution in [2.45, 2.75) is 39.3 Å². The summed E-state index contributed by atoms with van der Waals surface area (Å²) in [5, 5.41) is 4.35. The largest absolute Gasteiger partial charge is 0.376 e. The number of hydrogen-bond donors (Lipinski definition) is 0. The van der Waals surface area contributed by atoms with E-state index in [9.17, 15) is 4.79 Å². The first kappa shape index (κ1) is 10.4. The predicted octanol–water partition coefficient (Wildman–Crippen LogP) is 1.52. The van der Waals surface area contributed by atoms with Crippen molar-refractivity contribution in [1.29, 1.82) is 0 Å². The quantitative estimate of drug-likeness (QED) is 0.657. The topological polar surface area (TPSA) is 44.1 Å². The van der Waals surface area contributed by atoms with Crippen molar-refractivity contribution in [2.75, 3.05) is 6.61 Å². The van der Waals surface area contributed by atoms with Crippen LogP contribution in [0.15, 0.2) is 0 Å². The summed E-state index contributed by atoms with van der Waals surface area (Å²) in [6.07, 6.45) is 1.66. The molecule has 0 spiro atoms. The summed E-state index contributed by atoms with van der Waals surface area (Å²) in [6.45, 7) is 7.49. The van der Waals surface area contributed by atoms with Crippen molar-refractivity contribution in [3.05, 3.63) is 17.0 Å². The number of aromatic nitrogens is 2. The monoisotopic (exact) mass is 208 g/mol. The highest BCUT2D eigenvalue weighted by Gasteiger charge is 2.26. The molecular formula is C11H16N2O2. The van der Waals surface area contributed by atoms with Gasteiger partial charge in [-0.15, -0.1) is 0 Å². The van der Waals surface area contributed by atoms with E-state index in [0.29, 0.717) is 18.9 Å². The number of ether oxygens (including phenoxy) is 1. The molecule has 1 aliphatic heterocycles. The van der Waals surface area contributed by atoms with Gasteiger partial charge >= 0.3 is 0 Å². The summed E-state index contributed by atoms with van der Waals surface area (Å²) in [5.74, 6) is 0. The molecule has 0 atom stereocenters. The number of aldehydes is 1. The van der Waals surface area contributed by atoms with Crippen LogP contribution in [0.4, 0.5) is 0 Å². The minimum atomic E-state index is -0.0807. The highest BCUT2D eigenvalue weighted by atomic mass is 16.5. The molecule has 1 aliphatic rings. The van der Waals surface area contributed by atoms with E-state index in [1.165, 1.54) is 0 Å². The molecule has 0 aromatic carbocycles. The standard InChI is InChI=1S/C11H16N2O2/c1-11(2,3)13-10-4-5-15-7-8(10)9(6-14)12-13/h6H,4-5,7H2,1-3H3. The normalized spacial score (nSPS) is 16.2. The molecule has 2 rings (SSSR count). The van der Waals surface area contributed by atoms with Crippen LogP contribution in [0, 0.1) is 0 Å². The van der Waals surface area contributed by atoms with Crippen LogP contribution in [-0.2, 0) is 23.3 Å². The molecule has 15 heavy (non-hydrogen) atoms. The number of carbonyl (C=O) groups excluding carboxylic acids is 1. The third kappa shape index (κ3) is 1.69. The summed E-state index contributed by atoms with van der Waals surface area (Å²) < 4.78 is 7.31. The van der Waals surface area contributed by atoms with Crippen LogP contribution >= 0.6 is 0 Å². The fourth-order valence-corrected chi connectivity index (χ4v) is 1.91. The van der Waals surface area contributed by atoms with Gasteiger partial charge in [-0.1, -0.05) is 0 Å². The molecule has 0 radical (unpaired) electrons. The lowest BCUT2D eigenvalue weighted by Gasteiger charge is -2.24. The first-order valence-electron chi connectivity index (χ1n) is 5.18. The summed E-state index contributed by atoms with van der Waals surface area (Å²) in [7, 11) is 0. The molecule has 0 amide bonds. The Morgan fingerprint density at radius 2 is 2.20 bits per heavy atom. The Hall–Kier alpha value is -1.16. The molecule has 0 aliphatic carbocycles. The van der Waals surface area contributed by atoms with Crippen LogP contribution in [0.5, 0.6) is 0 Å². The molecule has 1 aromatic rings. The molecule has 82 valence electrons. The molecule has 0 bridgehead atoms. The minimum absolute atomic E-state index is 0.0807. The second-order valence-electron chi connectivity index (χ2n) is 4.81. The maximum atomic E-state index is 10.9. The molecular weight excluding hydrogens is 192 g/mol. The van der Waals surface area contributed by atoms with Gasteiger partial charge in [0.25, 0.3) is 0 Å². The van der Waals surface area contributed by atoms with Gasteiger partial charge in [-0.3, -0.25) is 9.48 Å². The first-order chi connectivity index (χ1) is 7.04. The molecule has 4 heteroatoms. The van der Waals surface area contributed by atoms with Gasteiger partial charge in [0.15, 0.2) is 6.29 Å². The maximum absolute atomic E-state index is 10.9. The van der Waals surface area contributed by atoms with E-state index in [2.05, 4.69) is 25.9 Å². The average Bonchev–Trinajstić information content (AvgIpc) is 2.55. The van der Waals surface area contributed by atoms with Crippen molar-refractivity contribution in [3.63, 3.8) is 0 Å². The van der Waals surface area contributed by atoms with Crippen molar-refractivity contribution in [2.24, 2.45) is 0 Å². The lowest BCUT2D eigenvalue weighted by atomic mass is 10.1. The Morgan fingerprint density at radius 3 is 2.80 bits per heavy atom. The van der Waals surface area contributed by atoms with E-state index in [1.54, 1.807) is 0 Å². The van der Waals surface area contributed by atoms with Gasteiger partial charge in [-0.05, 0) is 20.8 Å². The van der Waals surface area contributed by atoms with Crippen molar-refractivity contribution in [3.8, 4) is 0 Å².